The molecule has 1 aliphatic rings. The Morgan fingerprint density at radius 1 is 1.56 bits per heavy atom. The molecule has 1 aliphatic heterocycles. The molecule has 16 heavy (non-hydrogen) atoms. The molecule has 0 unspecified atom stereocenters. The Morgan fingerprint density at radius 2 is 2.25 bits per heavy atom. The molecule has 0 aromatic carbocycles. The molecule has 0 aromatic rings. The van der Waals surface area contributed by atoms with Crippen molar-refractivity contribution in [2.24, 2.45) is 10.4 Å². The van der Waals surface area contributed by atoms with Crippen molar-refractivity contribution >= 4 is 22.8 Å². The Bertz CT molecular complexity index is 287. The van der Waals surface area contributed by atoms with Crippen molar-refractivity contribution in [2.75, 3.05) is 18.8 Å². The van der Waals surface area contributed by atoms with E-state index in [1.165, 1.54) is 0 Å². The summed E-state index contributed by atoms with van der Waals surface area (Å²) in [6.45, 7) is 9.44. The standard InChI is InChI=1S/C11H21N3OS/c1-8(2)14-9(15)5-12-10-13-6-11(3,4)7-16-10/h8H,5-7H2,1-4H3,(H,12,13)(H,14,15). The van der Waals surface area contributed by atoms with Crippen LogP contribution in [0.5, 0.6) is 0 Å². The fourth-order valence-corrected chi connectivity index (χ4v) is 2.23. The maximum atomic E-state index is 11.4. The summed E-state index contributed by atoms with van der Waals surface area (Å²) >= 11 is 1.69. The normalized spacial score (nSPS) is 19.2. The van der Waals surface area contributed by atoms with Crippen molar-refractivity contribution in [3.8, 4) is 0 Å². The van der Waals surface area contributed by atoms with Crippen LogP contribution in [0, 0.1) is 5.41 Å². The van der Waals surface area contributed by atoms with Crippen LogP contribution in [0.25, 0.3) is 0 Å². The van der Waals surface area contributed by atoms with E-state index in [4.69, 9.17) is 0 Å². The molecule has 4 nitrogen and oxygen atoms in total. The summed E-state index contributed by atoms with van der Waals surface area (Å²) in [5, 5.41) is 6.79. The van der Waals surface area contributed by atoms with Crippen LogP contribution in [0.4, 0.5) is 0 Å². The van der Waals surface area contributed by atoms with Gasteiger partial charge < -0.3 is 10.6 Å². The lowest BCUT2D eigenvalue weighted by atomic mass is 9.97. The average Bonchev–Trinajstić information content (AvgIpc) is 2.15. The highest BCUT2D eigenvalue weighted by Crippen LogP contribution is 2.26. The highest BCUT2D eigenvalue weighted by Gasteiger charge is 2.23. The van der Waals surface area contributed by atoms with Gasteiger partial charge in [-0.2, -0.15) is 0 Å². The zero-order chi connectivity index (χ0) is 12.2. The predicted molar refractivity (Wildman–Crippen MR) is 69.8 cm³/mol. The van der Waals surface area contributed by atoms with E-state index in [0.29, 0.717) is 6.54 Å². The van der Waals surface area contributed by atoms with E-state index in [1.807, 2.05) is 13.8 Å². The number of carbonyl (C=O) groups is 1. The molecule has 0 saturated carbocycles. The van der Waals surface area contributed by atoms with Gasteiger partial charge in [-0.3, -0.25) is 9.79 Å². The topological polar surface area (TPSA) is 53.5 Å². The molecular weight excluding hydrogens is 222 g/mol. The van der Waals surface area contributed by atoms with Crippen molar-refractivity contribution in [1.29, 1.82) is 0 Å². The minimum Gasteiger partial charge on any atom is -0.356 e. The van der Waals surface area contributed by atoms with E-state index < -0.39 is 0 Å². The highest BCUT2D eigenvalue weighted by molar-refractivity contribution is 8.13. The van der Waals surface area contributed by atoms with E-state index in [2.05, 4.69) is 29.5 Å². The average molecular weight is 243 g/mol. The summed E-state index contributed by atoms with van der Waals surface area (Å²) in [5.41, 5.74) is 0.274. The zero-order valence-electron chi connectivity index (χ0n) is 10.5. The van der Waals surface area contributed by atoms with Gasteiger partial charge in [-0.15, -0.1) is 0 Å². The van der Waals surface area contributed by atoms with Gasteiger partial charge in [-0.25, -0.2) is 0 Å². The third kappa shape index (κ3) is 4.88. The second kappa shape index (κ2) is 5.57. The summed E-state index contributed by atoms with van der Waals surface area (Å²) in [5.74, 6) is 1.06. The molecule has 0 spiro atoms. The second-order valence-electron chi connectivity index (χ2n) is 5.15. The summed E-state index contributed by atoms with van der Waals surface area (Å²) < 4.78 is 0. The molecule has 0 saturated heterocycles. The first kappa shape index (κ1) is 13.4. The quantitative estimate of drug-likeness (QED) is 0.784. The van der Waals surface area contributed by atoms with E-state index in [9.17, 15) is 4.79 Å². The molecule has 92 valence electrons. The molecule has 0 radical (unpaired) electrons. The first-order chi connectivity index (χ1) is 7.39. The summed E-state index contributed by atoms with van der Waals surface area (Å²) in [6, 6.07) is 0.189. The molecule has 1 rings (SSSR count). The molecular formula is C11H21N3OS. The summed E-state index contributed by atoms with van der Waals surface area (Å²) in [7, 11) is 0. The number of hydrogen-bond acceptors (Lipinski definition) is 4. The molecule has 0 atom stereocenters. The molecule has 2 N–H and O–H groups in total. The Labute approximate surface area is 102 Å². The number of rotatable bonds is 3. The van der Waals surface area contributed by atoms with Crippen LogP contribution in [-0.4, -0.2) is 36.0 Å². The van der Waals surface area contributed by atoms with Gasteiger partial charge in [0, 0.05) is 18.3 Å². The first-order valence-electron chi connectivity index (χ1n) is 5.59. The third-order valence-electron chi connectivity index (χ3n) is 2.10. The number of carbonyl (C=O) groups excluding carboxylic acids is 1. The fourth-order valence-electron chi connectivity index (χ4n) is 1.28. The lowest BCUT2D eigenvalue weighted by Gasteiger charge is -2.27. The van der Waals surface area contributed by atoms with E-state index in [-0.39, 0.29) is 17.4 Å². The van der Waals surface area contributed by atoms with E-state index in [1.54, 1.807) is 11.8 Å². The molecule has 0 bridgehead atoms. The Hall–Kier alpha value is -0.710. The van der Waals surface area contributed by atoms with Crippen molar-refractivity contribution in [3.05, 3.63) is 0 Å². The first-order valence-corrected chi connectivity index (χ1v) is 6.58. The Morgan fingerprint density at radius 3 is 2.75 bits per heavy atom. The summed E-state index contributed by atoms with van der Waals surface area (Å²) in [4.78, 5) is 15.8. The number of nitrogens with zero attached hydrogens (tertiary/aromatic N) is 1. The van der Waals surface area contributed by atoms with Gasteiger partial charge in [0.25, 0.3) is 0 Å². The third-order valence-corrected chi connectivity index (χ3v) is 3.57. The van der Waals surface area contributed by atoms with Crippen LogP contribution in [0.1, 0.15) is 27.7 Å². The van der Waals surface area contributed by atoms with Gasteiger partial charge in [0.15, 0.2) is 5.17 Å². The van der Waals surface area contributed by atoms with Crippen molar-refractivity contribution in [1.82, 2.24) is 10.6 Å². The maximum absolute atomic E-state index is 11.4. The van der Waals surface area contributed by atoms with Gasteiger partial charge in [0.1, 0.15) is 0 Å². The smallest absolute Gasteiger partial charge is 0.239 e. The Balaban J connectivity index is 2.29. The maximum Gasteiger partial charge on any atom is 0.239 e. The number of hydrogen-bond donors (Lipinski definition) is 2. The van der Waals surface area contributed by atoms with Crippen LogP contribution in [0.3, 0.4) is 0 Å². The second-order valence-corrected chi connectivity index (χ2v) is 6.11. The van der Waals surface area contributed by atoms with Crippen LogP contribution in [0.2, 0.25) is 0 Å². The van der Waals surface area contributed by atoms with Crippen molar-refractivity contribution in [3.63, 3.8) is 0 Å². The number of aliphatic imine (C=N–C) groups is 1. The van der Waals surface area contributed by atoms with Crippen LogP contribution >= 0.6 is 11.8 Å². The molecule has 1 heterocycles. The fraction of sp³-hybridized carbons (Fsp3) is 0.818. The lowest BCUT2D eigenvalue weighted by molar-refractivity contribution is -0.120. The number of amidine groups is 1. The largest absolute Gasteiger partial charge is 0.356 e. The van der Waals surface area contributed by atoms with Gasteiger partial charge in [-0.05, 0) is 19.3 Å². The summed E-state index contributed by atoms with van der Waals surface area (Å²) in [6.07, 6.45) is 0. The number of nitrogens with one attached hydrogen (secondary N) is 2. The van der Waals surface area contributed by atoms with Gasteiger partial charge in [0.2, 0.25) is 5.91 Å². The van der Waals surface area contributed by atoms with Gasteiger partial charge >= 0.3 is 0 Å². The zero-order valence-corrected chi connectivity index (χ0v) is 11.3. The molecule has 1 amide bonds. The molecule has 5 heteroatoms. The van der Waals surface area contributed by atoms with E-state index in [0.717, 1.165) is 17.5 Å². The molecule has 0 aliphatic carbocycles. The lowest BCUT2D eigenvalue weighted by Crippen LogP contribution is -2.40. The van der Waals surface area contributed by atoms with Crippen LogP contribution in [-0.2, 0) is 4.79 Å². The van der Waals surface area contributed by atoms with Crippen LogP contribution in [0.15, 0.2) is 4.99 Å². The molecule has 0 aromatic heterocycles. The Kier molecular flexibility index (Phi) is 4.65. The van der Waals surface area contributed by atoms with Crippen molar-refractivity contribution < 1.29 is 4.79 Å². The van der Waals surface area contributed by atoms with Crippen molar-refractivity contribution in [2.45, 2.75) is 33.7 Å². The number of amides is 1. The van der Waals surface area contributed by atoms with Gasteiger partial charge in [0.05, 0.1) is 6.54 Å². The van der Waals surface area contributed by atoms with Gasteiger partial charge in [-0.1, -0.05) is 25.6 Å². The molecule has 0 fully saturated rings. The number of thioether (sulfide) groups is 1. The SMILES string of the molecule is CC(C)NC(=O)CNC1=NCC(C)(C)CS1. The van der Waals surface area contributed by atoms with E-state index >= 15 is 0 Å². The minimum atomic E-state index is 0.0168. The highest BCUT2D eigenvalue weighted by atomic mass is 32.2. The van der Waals surface area contributed by atoms with Crippen LogP contribution < -0.4 is 10.6 Å². The minimum absolute atomic E-state index is 0.0168. The monoisotopic (exact) mass is 243 g/mol. The predicted octanol–water partition coefficient (Wildman–Crippen LogP) is 1.23.